The Labute approximate surface area is 152 Å². The second kappa shape index (κ2) is 9.25. The van der Waals surface area contributed by atoms with E-state index >= 15 is 0 Å². The molecule has 2 rings (SSSR count). The number of aliphatic hydroxyl groups excluding tert-OH is 1. The molecule has 1 aromatic rings. The number of carboxylic acids is 1. The SMILES string of the molecule is O=C(O)CCC/C=C\C[C@@H]1[C@H](O)CC[C@H]1NS(=O)(=O)c1ccc(F)cc1. The van der Waals surface area contributed by atoms with Crippen molar-refractivity contribution in [3.8, 4) is 0 Å². The smallest absolute Gasteiger partial charge is 0.303 e. The molecule has 1 aliphatic carbocycles. The highest BCUT2D eigenvalue weighted by molar-refractivity contribution is 7.89. The lowest BCUT2D eigenvalue weighted by Crippen LogP contribution is -2.39. The van der Waals surface area contributed by atoms with E-state index in [0.717, 1.165) is 12.1 Å². The van der Waals surface area contributed by atoms with Crippen molar-refractivity contribution in [2.45, 2.75) is 55.6 Å². The zero-order valence-electron chi connectivity index (χ0n) is 14.3. The number of rotatable bonds is 9. The lowest BCUT2D eigenvalue weighted by atomic mass is 9.98. The zero-order valence-corrected chi connectivity index (χ0v) is 15.2. The van der Waals surface area contributed by atoms with Crippen LogP contribution in [-0.2, 0) is 14.8 Å². The highest BCUT2D eigenvalue weighted by Crippen LogP contribution is 2.30. The molecule has 3 N–H and O–H groups in total. The molecule has 8 heteroatoms. The molecule has 0 bridgehead atoms. The lowest BCUT2D eigenvalue weighted by Gasteiger charge is -2.22. The van der Waals surface area contributed by atoms with Crippen LogP contribution in [0.25, 0.3) is 0 Å². The van der Waals surface area contributed by atoms with Crippen molar-refractivity contribution in [2.24, 2.45) is 5.92 Å². The Balaban J connectivity index is 1.94. The molecule has 0 unspecified atom stereocenters. The summed E-state index contributed by atoms with van der Waals surface area (Å²) in [6.45, 7) is 0. The minimum atomic E-state index is -3.78. The van der Waals surface area contributed by atoms with Gasteiger partial charge < -0.3 is 10.2 Å². The highest BCUT2D eigenvalue weighted by atomic mass is 32.2. The summed E-state index contributed by atoms with van der Waals surface area (Å²) in [6.07, 6.45) is 5.94. The minimum Gasteiger partial charge on any atom is -0.481 e. The van der Waals surface area contributed by atoms with Crippen LogP contribution in [0, 0.1) is 11.7 Å². The van der Waals surface area contributed by atoms with Crippen molar-refractivity contribution in [3.63, 3.8) is 0 Å². The second-order valence-electron chi connectivity index (χ2n) is 6.48. The number of allylic oxidation sites excluding steroid dienone is 2. The van der Waals surface area contributed by atoms with E-state index in [-0.39, 0.29) is 17.2 Å². The Morgan fingerprint density at radius 1 is 1.23 bits per heavy atom. The fourth-order valence-corrected chi connectivity index (χ4v) is 4.46. The van der Waals surface area contributed by atoms with E-state index in [4.69, 9.17) is 5.11 Å². The van der Waals surface area contributed by atoms with Gasteiger partial charge in [0.1, 0.15) is 5.82 Å². The molecule has 1 fully saturated rings. The molecular weight excluding hydrogens is 361 g/mol. The Bertz CT molecular complexity index is 732. The van der Waals surface area contributed by atoms with Crippen molar-refractivity contribution >= 4 is 16.0 Å². The summed E-state index contributed by atoms with van der Waals surface area (Å²) in [5, 5.41) is 18.7. The van der Waals surface area contributed by atoms with E-state index in [1.54, 1.807) is 0 Å². The first kappa shape index (κ1) is 20.5. The van der Waals surface area contributed by atoms with E-state index in [2.05, 4.69) is 4.72 Å². The third-order valence-corrected chi connectivity index (χ3v) is 6.06. The molecule has 0 heterocycles. The molecule has 1 saturated carbocycles. The molecule has 0 amide bonds. The van der Waals surface area contributed by atoms with Crippen LogP contribution >= 0.6 is 0 Å². The predicted octanol–water partition coefficient (Wildman–Crippen LogP) is 2.44. The molecule has 1 aromatic carbocycles. The Hall–Kier alpha value is -1.77. The maximum absolute atomic E-state index is 13.0. The number of nitrogens with one attached hydrogen (secondary N) is 1. The molecule has 3 atom stereocenters. The maximum Gasteiger partial charge on any atom is 0.303 e. The van der Waals surface area contributed by atoms with Gasteiger partial charge in [-0.15, -0.1) is 0 Å². The fraction of sp³-hybridized carbons (Fsp3) is 0.500. The van der Waals surface area contributed by atoms with Gasteiger partial charge in [-0.2, -0.15) is 0 Å². The van der Waals surface area contributed by atoms with E-state index in [0.29, 0.717) is 32.1 Å². The number of unbranched alkanes of at least 4 members (excludes halogenated alkanes) is 1. The van der Waals surface area contributed by atoms with Crippen molar-refractivity contribution in [2.75, 3.05) is 0 Å². The van der Waals surface area contributed by atoms with Crippen LogP contribution in [0.2, 0.25) is 0 Å². The van der Waals surface area contributed by atoms with Crippen LogP contribution in [0.1, 0.15) is 38.5 Å². The van der Waals surface area contributed by atoms with Gasteiger partial charge in [-0.3, -0.25) is 4.79 Å². The summed E-state index contributed by atoms with van der Waals surface area (Å²) in [5.41, 5.74) is 0. The number of aliphatic hydroxyl groups is 1. The van der Waals surface area contributed by atoms with E-state index in [1.807, 2.05) is 12.2 Å². The Morgan fingerprint density at radius 2 is 1.92 bits per heavy atom. The van der Waals surface area contributed by atoms with Crippen molar-refractivity contribution in [3.05, 3.63) is 42.2 Å². The summed E-state index contributed by atoms with van der Waals surface area (Å²) in [6, 6.07) is 4.20. The van der Waals surface area contributed by atoms with Gasteiger partial charge in [0.2, 0.25) is 10.0 Å². The number of halogens is 1. The number of aliphatic carboxylic acids is 1. The Morgan fingerprint density at radius 3 is 2.58 bits per heavy atom. The van der Waals surface area contributed by atoms with Gasteiger partial charge in [-0.25, -0.2) is 17.5 Å². The first-order valence-electron chi connectivity index (χ1n) is 8.62. The van der Waals surface area contributed by atoms with Crippen LogP contribution in [0.4, 0.5) is 4.39 Å². The number of benzene rings is 1. The van der Waals surface area contributed by atoms with Crippen molar-refractivity contribution in [1.29, 1.82) is 0 Å². The van der Waals surface area contributed by atoms with Crippen LogP contribution in [0.15, 0.2) is 41.3 Å². The predicted molar refractivity (Wildman–Crippen MR) is 94.5 cm³/mol. The first-order valence-corrected chi connectivity index (χ1v) is 10.1. The van der Waals surface area contributed by atoms with Gasteiger partial charge in [0.05, 0.1) is 11.0 Å². The lowest BCUT2D eigenvalue weighted by molar-refractivity contribution is -0.137. The molecule has 0 aromatic heterocycles. The van der Waals surface area contributed by atoms with Gasteiger partial charge in [-0.1, -0.05) is 12.2 Å². The van der Waals surface area contributed by atoms with Gasteiger partial charge in [0.25, 0.3) is 0 Å². The summed E-state index contributed by atoms with van der Waals surface area (Å²) in [5.74, 6) is -1.59. The molecule has 0 radical (unpaired) electrons. The number of hydrogen-bond donors (Lipinski definition) is 3. The normalized spacial score (nSPS) is 23.5. The standard InChI is InChI=1S/C18H24FNO5S/c19-13-7-9-14(10-8-13)26(24,25)20-16-11-12-17(21)15(16)5-3-1-2-4-6-18(22)23/h1,3,7-10,15-17,20-21H,2,4-6,11-12H2,(H,22,23)/b3-1-/t15-,16+,17+/m0/s1. The quantitative estimate of drug-likeness (QED) is 0.447. The van der Waals surface area contributed by atoms with E-state index in [1.165, 1.54) is 12.1 Å². The van der Waals surface area contributed by atoms with Gasteiger partial charge in [-0.05, 0) is 56.4 Å². The number of carbonyl (C=O) groups is 1. The summed E-state index contributed by atoms with van der Waals surface area (Å²) < 4.78 is 40.5. The van der Waals surface area contributed by atoms with Crippen LogP contribution < -0.4 is 4.72 Å². The van der Waals surface area contributed by atoms with E-state index in [9.17, 15) is 22.7 Å². The topological polar surface area (TPSA) is 104 Å². The monoisotopic (exact) mass is 385 g/mol. The first-order chi connectivity index (χ1) is 12.3. The van der Waals surface area contributed by atoms with E-state index < -0.39 is 34.0 Å². The summed E-state index contributed by atoms with van der Waals surface area (Å²) in [7, 11) is -3.78. The maximum atomic E-state index is 13.0. The molecule has 0 spiro atoms. The van der Waals surface area contributed by atoms with Crippen molar-refractivity contribution in [1.82, 2.24) is 4.72 Å². The van der Waals surface area contributed by atoms with Gasteiger partial charge in [0.15, 0.2) is 0 Å². The molecule has 6 nitrogen and oxygen atoms in total. The average Bonchev–Trinajstić information content (AvgIpc) is 2.90. The number of hydrogen-bond acceptors (Lipinski definition) is 4. The molecule has 1 aliphatic rings. The molecule has 26 heavy (non-hydrogen) atoms. The second-order valence-corrected chi connectivity index (χ2v) is 8.20. The van der Waals surface area contributed by atoms with Gasteiger partial charge >= 0.3 is 5.97 Å². The zero-order chi connectivity index (χ0) is 19.2. The molecular formula is C18H24FNO5S. The van der Waals surface area contributed by atoms with Crippen LogP contribution in [0.5, 0.6) is 0 Å². The number of carboxylic acid groups (broad SMARTS) is 1. The largest absolute Gasteiger partial charge is 0.481 e. The summed E-state index contributed by atoms with van der Waals surface area (Å²) in [4.78, 5) is 10.4. The summed E-state index contributed by atoms with van der Waals surface area (Å²) >= 11 is 0. The third kappa shape index (κ3) is 5.89. The van der Waals surface area contributed by atoms with Crippen LogP contribution in [-0.4, -0.2) is 36.7 Å². The number of sulfonamides is 1. The van der Waals surface area contributed by atoms with Crippen LogP contribution in [0.3, 0.4) is 0 Å². The minimum absolute atomic E-state index is 0.0109. The average molecular weight is 385 g/mol. The molecule has 144 valence electrons. The van der Waals surface area contributed by atoms with Crippen molar-refractivity contribution < 1.29 is 27.8 Å². The molecule has 0 aliphatic heterocycles. The van der Waals surface area contributed by atoms with Gasteiger partial charge in [0, 0.05) is 18.4 Å². The Kier molecular flexibility index (Phi) is 7.31. The third-order valence-electron chi connectivity index (χ3n) is 4.55. The molecule has 0 saturated heterocycles. The highest BCUT2D eigenvalue weighted by Gasteiger charge is 2.36. The fourth-order valence-electron chi connectivity index (χ4n) is 3.14.